The number of ether oxygens (including phenoxy) is 4. The maximum Gasteiger partial charge on any atom is 0.409 e. The number of allylic oxidation sites excluding steroid dienone is 1. The molecule has 1 aromatic carbocycles. The van der Waals surface area contributed by atoms with Crippen LogP contribution < -0.4 is 26.6 Å². The van der Waals surface area contributed by atoms with Crippen molar-refractivity contribution in [1.82, 2.24) is 36.4 Å². The predicted molar refractivity (Wildman–Crippen MR) is 289 cm³/mol. The lowest BCUT2D eigenvalue weighted by Crippen LogP contribution is -2.57. The summed E-state index contributed by atoms with van der Waals surface area (Å²) in [6, 6.07) is 6.83. The molecule has 76 heavy (non-hydrogen) atoms. The van der Waals surface area contributed by atoms with Crippen LogP contribution in [-0.4, -0.2) is 165 Å². The smallest absolute Gasteiger partial charge is 0.409 e. The van der Waals surface area contributed by atoms with Gasteiger partial charge in [0.1, 0.15) is 35.5 Å². The van der Waals surface area contributed by atoms with Gasteiger partial charge in [-0.2, -0.15) is 0 Å². The van der Waals surface area contributed by atoms with Crippen LogP contribution in [0, 0.1) is 34.5 Å². The third kappa shape index (κ3) is 17.5. The molecule has 1 spiro atoms. The monoisotopic (exact) mass is 1070 g/mol. The highest BCUT2D eigenvalue weighted by Crippen LogP contribution is 2.59. The molecule has 4 rings (SSSR count). The molecule has 11 atom stereocenters. The normalized spacial score (nSPS) is 24.5. The second-order valence-corrected chi connectivity index (χ2v) is 23.9. The number of nitrogens with zero attached hydrogens (tertiary/aromatic N) is 2. The van der Waals surface area contributed by atoms with Gasteiger partial charge in [-0.15, -0.1) is 0 Å². The number of amides is 7. The number of aliphatic hydroxyl groups excluding tert-OH is 1. The largest absolute Gasteiger partial charge is 0.443 e. The summed E-state index contributed by atoms with van der Waals surface area (Å²) in [4.78, 5) is 98.9. The molecule has 2 saturated heterocycles. The Balaban J connectivity index is 1.34. The molecule has 1 aliphatic carbocycles. The van der Waals surface area contributed by atoms with Gasteiger partial charge < -0.3 is 60.4 Å². The highest BCUT2D eigenvalue weighted by atomic mass is 16.6. The van der Waals surface area contributed by atoms with Crippen LogP contribution in [-0.2, 0) is 54.1 Å². The first kappa shape index (κ1) is 63.4. The van der Waals surface area contributed by atoms with E-state index in [1.807, 2.05) is 66.7 Å². The Labute approximate surface area is 452 Å². The van der Waals surface area contributed by atoms with Crippen molar-refractivity contribution in [3.8, 4) is 0 Å². The fourth-order valence-corrected chi connectivity index (χ4v) is 10.8. The standard InChI is InChI=1S/C57H93N7O12/c1-35(2)21-22-44-56(12,76-44)48-47(73-15)43(23-24-57(48)34-74-57)75-53(72)64(14)26-25-63(13)46(67)32-58-49(68)41(27-36(3)4)62-50(69)42(28-40-19-17-16-18-20-40)61-45(66)31-60-52(71)55(11,38(7)8)33-54(10,29-37(5)6)51(70)59-30-39(9)65/h16-21,36-39,41-44,47-48,65H,22-34H2,1-15H3,(H,58,68)(H,59,70)(H,60,71)(H,61,66)(H,62,69)/t39?,41-,42-,43?,44+,47?,48?,54?,55?,56-,57-/m0/s1. The van der Waals surface area contributed by atoms with E-state index in [1.54, 1.807) is 47.2 Å². The van der Waals surface area contributed by atoms with E-state index in [0.29, 0.717) is 25.9 Å². The fraction of sp³-hybridized carbons (Fsp3) is 0.737. The third-order valence-electron chi connectivity index (χ3n) is 15.6. The first-order valence-electron chi connectivity index (χ1n) is 27.3. The quantitative estimate of drug-likeness (QED) is 0.0473. The Morgan fingerprint density at radius 1 is 0.855 bits per heavy atom. The summed E-state index contributed by atoms with van der Waals surface area (Å²) in [7, 11) is 4.78. The molecule has 19 nitrogen and oxygen atoms in total. The SMILES string of the molecule is COC1C(OC(=O)N(C)CCN(C)C(=O)CNC(=O)[C@H](CC(C)C)NC(=O)[C@H](Cc2ccccc2)NC(=O)CNC(=O)C(C)(CC(C)(CC(C)C)C(=O)NCC(C)O)C(C)C)CC[C@]2(CO2)C1[C@@]1(C)O[C@@H]1CC=C(C)C. The molecule has 1 aromatic rings. The predicted octanol–water partition coefficient (Wildman–Crippen LogP) is 4.68. The summed E-state index contributed by atoms with van der Waals surface area (Å²) in [5.74, 6) is -3.31. The highest BCUT2D eigenvalue weighted by Gasteiger charge is 2.72. The zero-order valence-electron chi connectivity index (χ0n) is 48.3. The van der Waals surface area contributed by atoms with Crippen LogP contribution in [0.1, 0.15) is 127 Å². The van der Waals surface area contributed by atoms with Crippen LogP contribution in [0.3, 0.4) is 0 Å². The lowest BCUT2D eigenvalue weighted by Gasteiger charge is -2.43. The Hall–Kier alpha value is -5.11. The van der Waals surface area contributed by atoms with Gasteiger partial charge in [-0.25, -0.2) is 4.79 Å². The van der Waals surface area contributed by atoms with Crippen LogP contribution >= 0.6 is 0 Å². The van der Waals surface area contributed by atoms with Crippen molar-refractivity contribution < 1.29 is 57.6 Å². The van der Waals surface area contributed by atoms with Crippen molar-refractivity contribution in [2.45, 2.75) is 176 Å². The van der Waals surface area contributed by atoms with E-state index in [4.69, 9.17) is 18.9 Å². The van der Waals surface area contributed by atoms with Crippen molar-refractivity contribution in [3.63, 3.8) is 0 Å². The molecule has 19 heteroatoms. The first-order chi connectivity index (χ1) is 35.5. The van der Waals surface area contributed by atoms with Crippen LogP contribution in [0.25, 0.3) is 0 Å². The zero-order valence-corrected chi connectivity index (χ0v) is 48.3. The molecular formula is C57H93N7O12. The lowest BCUT2D eigenvalue weighted by atomic mass is 9.64. The van der Waals surface area contributed by atoms with E-state index < -0.39 is 89.0 Å². The summed E-state index contributed by atoms with van der Waals surface area (Å²) >= 11 is 0. The van der Waals surface area contributed by atoms with E-state index in [9.17, 15) is 38.7 Å². The molecule has 6 N–H and O–H groups in total. The van der Waals surface area contributed by atoms with Gasteiger partial charge in [0.05, 0.1) is 37.8 Å². The van der Waals surface area contributed by atoms with Crippen molar-refractivity contribution in [3.05, 3.63) is 47.5 Å². The van der Waals surface area contributed by atoms with Gasteiger partial charge in [-0.3, -0.25) is 28.8 Å². The van der Waals surface area contributed by atoms with Crippen LogP contribution in [0.15, 0.2) is 42.0 Å². The summed E-state index contributed by atoms with van der Waals surface area (Å²) < 4.78 is 24.4. The molecule has 6 unspecified atom stereocenters. The average molecular weight is 1070 g/mol. The van der Waals surface area contributed by atoms with Crippen molar-refractivity contribution >= 4 is 41.5 Å². The van der Waals surface area contributed by atoms with Gasteiger partial charge in [0.2, 0.25) is 35.4 Å². The maximum absolute atomic E-state index is 14.1. The number of rotatable bonds is 29. The number of epoxide rings is 2. The lowest BCUT2D eigenvalue weighted by molar-refractivity contribution is -0.142. The number of carbonyl (C=O) groups excluding carboxylic acids is 7. The Kier molecular flexibility index (Phi) is 22.9. The van der Waals surface area contributed by atoms with Crippen LogP contribution in [0.4, 0.5) is 4.79 Å². The van der Waals surface area contributed by atoms with Gasteiger partial charge in [0.15, 0.2) is 0 Å². The molecule has 7 amide bonds. The van der Waals surface area contributed by atoms with Crippen molar-refractivity contribution in [2.75, 3.05) is 60.5 Å². The number of benzene rings is 1. The number of carbonyl (C=O) groups is 7. The molecule has 2 aliphatic heterocycles. The first-order valence-corrected chi connectivity index (χ1v) is 27.3. The van der Waals surface area contributed by atoms with E-state index in [2.05, 4.69) is 53.4 Å². The van der Waals surface area contributed by atoms with E-state index in [0.717, 1.165) is 12.0 Å². The number of methoxy groups -OCH3 is 1. The maximum atomic E-state index is 14.1. The van der Waals surface area contributed by atoms with Gasteiger partial charge in [-0.1, -0.05) is 97.4 Å². The van der Waals surface area contributed by atoms with E-state index >= 15 is 0 Å². The van der Waals surface area contributed by atoms with Gasteiger partial charge in [-0.05, 0) is 89.5 Å². The Bertz CT molecular complexity index is 2180. The number of hydrogen-bond acceptors (Lipinski definition) is 12. The molecule has 0 radical (unpaired) electrons. The molecule has 0 bridgehead atoms. The number of aliphatic hydroxyl groups is 1. The highest BCUT2D eigenvalue weighted by molar-refractivity contribution is 5.95. The summed E-state index contributed by atoms with van der Waals surface area (Å²) in [5.41, 5.74) is -0.957. The Morgan fingerprint density at radius 2 is 1.50 bits per heavy atom. The van der Waals surface area contributed by atoms with Crippen LogP contribution in [0.5, 0.6) is 0 Å². The van der Waals surface area contributed by atoms with Gasteiger partial charge in [0, 0.05) is 58.1 Å². The molecule has 2 heterocycles. The molecule has 428 valence electrons. The summed E-state index contributed by atoms with van der Waals surface area (Å²) in [6.07, 6.45) is 2.89. The molecule has 3 fully saturated rings. The average Bonchev–Trinajstić information content (AvgIpc) is 4.27. The topological polar surface area (TPSA) is 250 Å². The third-order valence-corrected chi connectivity index (χ3v) is 15.6. The fourth-order valence-electron chi connectivity index (χ4n) is 10.8. The van der Waals surface area contributed by atoms with Crippen molar-refractivity contribution in [1.29, 1.82) is 0 Å². The second-order valence-electron chi connectivity index (χ2n) is 23.9. The summed E-state index contributed by atoms with van der Waals surface area (Å²) in [6.45, 7) is 23.0. The molecule has 1 saturated carbocycles. The minimum absolute atomic E-state index is 0.00995. The number of hydrogen-bond donors (Lipinski definition) is 6. The number of likely N-dealkylation sites (N-methyl/N-ethyl adjacent to an activating group) is 2. The minimum Gasteiger partial charge on any atom is -0.443 e. The molecule has 3 aliphatic rings. The zero-order chi connectivity index (χ0) is 56.9. The molecular weight excluding hydrogens is 975 g/mol. The molecule has 0 aromatic heterocycles. The van der Waals surface area contributed by atoms with Gasteiger partial charge in [0.25, 0.3) is 0 Å². The Morgan fingerprint density at radius 3 is 2.07 bits per heavy atom. The van der Waals surface area contributed by atoms with Crippen molar-refractivity contribution in [2.24, 2.45) is 34.5 Å². The van der Waals surface area contributed by atoms with Crippen LogP contribution in [0.2, 0.25) is 0 Å². The van der Waals surface area contributed by atoms with Gasteiger partial charge >= 0.3 is 6.09 Å². The van der Waals surface area contributed by atoms with E-state index in [-0.39, 0.29) is 86.7 Å². The summed E-state index contributed by atoms with van der Waals surface area (Å²) in [5, 5.41) is 23.7. The minimum atomic E-state index is -1.15. The second kappa shape index (κ2) is 27.5. The number of nitrogens with one attached hydrogen (secondary N) is 5. The van der Waals surface area contributed by atoms with E-state index in [1.165, 1.54) is 15.4 Å².